The molecule has 1 heterocycles. The third-order valence-corrected chi connectivity index (χ3v) is 3.55. The Balaban J connectivity index is 1.81. The highest BCUT2D eigenvalue weighted by Crippen LogP contribution is 2.36. The zero-order chi connectivity index (χ0) is 17.6. The van der Waals surface area contributed by atoms with Gasteiger partial charge < -0.3 is 15.2 Å². The highest BCUT2D eigenvalue weighted by molar-refractivity contribution is 6.32. The predicted octanol–water partition coefficient (Wildman–Crippen LogP) is 2.38. The standard InChI is InChI=1S/C16H15ClN6O2/c1-24-14-8-12(9-19-23-16(18)20-21-22-23)7-13(17)15(14)25-10-11-5-3-2-4-6-11/h2-9H,10H2,1H3,(H2,18,20,22). The summed E-state index contributed by atoms with van der Waals surface area (Å²) < 4.78 is 11.2. The summed E-state index contributed by atoms with van der Waals surface area (Å²) >= 11 is 6.33. The van der Waals surface area contributed by atoms with E-state index >= 15 is 0 Å². The summed E-state index contributed by atoms with van der Waals surface area (Å²) in [5, 5.41) is 15.0. The first-order valence-corrected chi connectivity index (χ1v) is 7.67. The van der Waals surface area contributed by atoms with Crippen molar-refractivity contribution in [3.05, 3.63) is 58.6 Å². The molecule has 0 aliphatic carbocycles. The normalized spacial score (nSPS) is 11.0. The highest BCUT2D eigenvalue weighted by Gasteiger charge is 2.12. The van der Waals surface area contributed by atoms with Crippen LogP contribution in [0.2, 0.25) is 5.02 Å². The van der Waals surface area contributed by atoms with Crippen LogP contribution in [0.25, 0.3) is 0 Å². The Labute approximate surface area is 148 Å². The molecule has 3 aromatic rings. The molecule has 3 rings (SSSR count). The molecule has 0 spiro atoms. The number of hydrogen-bond donors (Lipinski definition) is 1. The van der Waals surface area contributed by atoms with Gasteiger partial charge in [0.1, 0.15) is 6.61 Å². The van der Waals surface area contributed by atoms with Gasteiger partial charge in [-0.25, -0.2) is 0 Å². The molecule has 0 radical (unpaired) electrons. The summed E-state index contributed by atoms with van der Waals surface area (Å²) in [6.45, 7) is 0.380. The van der Waals surface area contributed by atoms with E-state index in [0.29, 0.717) is 28.7 Å². The first kappa shape index (κ1) is 16.7. The van der Waals surface area contributed by atoms with Crippen LogP contribution >= 0.6 is 11.6 Å². The van der Waals surface area contributed by atoms with Crippen molar-refractivity contribution >= 4 is 23.8 Å². The maximum absolute atomic E-state index is 6.33. The monoisotopic (exact) mass is 358 g/mol. The fraction of sp³-hybridized carbons (Fsp3) is 0.125. The molecule has 2 N–H and O–H groups in total. The van der Waals surface area contributed by atoms with Gasteiger partial charge in [0.25, 0.3) is 5.95 Å². The van der Waals surface area contributed by atoms with Crippen LogP contribution < -0.4 is 15.2 Å². The summed E-state index contributed by atoms with van der Waals surface area (Å²) in [7, 11) is 1.54. The van der Waals surface area contributed by atoms with Gasteiger partial charge >= 0.3 is 0 Å². The number of nitrogens with zero attached hydrogens (tertiary/aromatic N) is 5. The van der Waals surface area contributed by atoms with Crippen molar-refractivity contribution in [3.63, 3.8) is 0 Å². The van der Waals surface area contributed by atoms with Gasteiger partial charge in [0, 0.05) is 5.56 Å². The van der Waals surface area contributed by atoms with Crippen molar-refractivity contribution in [2.45, 2.75) is 6.61 Å². The summed E-state index contributed by atoms with van der Waals surface area (Å²) in [5.41, 5.74) is 7.26. The van der Waals surface area contributed by atoms with Crippen LogP contribution in [-0.4, -0.2) is 33.6 Å². The lowest BCUT2D eigenvalue weighted by molar-refractivity contribution is 0.284. The SMILES string of the molecule is COc1cc(C=Nn2nnnc2N)cc(Cl)c1OCc1ccccc1. The fourth-order valence-electron chi connectivity index (χ4n) is 2.08. The van der Waals surface area contributed by atoms with E-state index in [-0.39, 0.29) is 5.95 Å². The predicted molar refractivity (Wildman–Crippen MR) is 94.0 cm³/mol. The second kappa shape index (κ2) is 7.63. The second-order valence-corrected chi connectivity index (χ2v) is 5.39. The molecule has 128 valence electrons. The van der Waals surface area contributed by atoms with Gasteiger partial charge in [0.15, 0.2) is 11.5 Å². The van der Waals surface area contributed by atoms with Crippen LogP contribution in [0, 0.1) is 0 Å². The topological polar surface area (TPSA) is 100 Å². The van der Waals surface area contributed by atoms with Crippen LogP contribution in [0.15, 0.2) is 47.6 Å². The lowest BCUT2D eigenvalue weighted by atomic mass is 10.2. The quantitative estimate of drug-likeness (QED) is 0.679. The molecule has 2 aromatic carbocycles. The summed E-state index contributed by atoms with van der Waals surface area (Å²) in [6.07, 6.45) is 1.52. The minimum atomic E-state index is 0.0807. The molecule has 1 aromatic heterocycles. The fourth-order valence-corrected chi connectivity index (χ4v) is 2.35. The van der Waals surface area contributed by atoms with E-state index in [2.05, 4.69) is 20.6 Å². The second-order valence-electron chi connectivity index (χ2n) is 4.98. The maximum atomic E-state index is 6.33. The zero-order valence-electron chi connectivity index (χ0n) is 13.3. The number of tetrazole rings is 1. The van der Waals surface area contributed by atoms with Crippen LogP contribution in [0.5, 0.6) is 11.5 Å². The Bertz CT molecular complexity index is 882. The third kappa shape index (κ3) is 4.04. The average Bonchev–Trinajstić information content (AvgIpc) is 3.04. The molecule has 0 saturated carbocycles. The van der Waals surface area contributed by atoms with E-state index in [0.717, 1.165) is 10.4 Å². The van der Waals surface area contributed by atoms with Gasteiger partial charge in [-0.3, -0.25) is 0 Å². The van der Waals surface area contributed by atoms with Gasteiger partial charge in [-0.15, -0.1) is 0 Å². The average molecular weight is 359 g/mol. The van der Waals surface area contributed by atoms with Crippen molar-refractivity contribution in [3.8, 4) is 11.5 Å². The highest BCUT2D eigenvalue weighted by atomic mass is 35.5. The Morgan fingerprint density at radius 2 is 2.08 bits per heavy atom. The number of nitrogens with two attached hydrogens (primary N) is 1. The van der Waals surface area contributed by atoms with E-state index in [4.69, 9.17) is 26.8 Å². The number of anilines is 1. The number of methoxy groups -OCH3 is 1. The molecule has 0 aliphatic rings. The van der Waals surface area contributed by atoms with Gasteiger partial charge in [0.2, 0.25) is 0 Å². The number of benzene rings is 2. The van der Waals surface area contributed by atoms with Gasteiger partial charge in [-0.2, -0.15) is 5.10 Å². The molecule has 8 nitrogen and oxygen atoms in total. The van der Waals surface area contributed by atoms with Crippen molar-refractivity contribution in [2.75, 3.05) is 12.8 Å². The van der Waals surface area contributed by atoms with Gasteiger partial charge in [-0.1, -0.05) is 51.8 Å². The van der Waals surface area contributed by atoms with E-state index in [1.165, 1.54) is 6.21 Å². The van der Waals surface area contributed by atoms with Gasteiger partial charge in [0.05, 0.1) is 18.3 Å². The van der Waals surface area contributed by atoms with Gasteiger partial charge in [-0.05, 0) is 28.1 Å². The zero-order valence-corrected chi connectivity index (χ0v) is 14.1. The molecule has 0 amide bonds. The van der Waals surface area contributed by atoms with Crippen LogP contribution in [-0.2, 0) is 6.61 Å². The molecule has 0 bridgehead atoms. The Kier molecular flexibility index (Phi) is 5.10. The lowest BCUT2D eigenvalue weighted by Gasteiger charge is -2.13. The van der Waals surface area contributed by atoms with Crippen molar-refractivity contribution in [2.24, 2.45) is 5.10 Å². The molecule has 9 heteroatoms. The number of hydrogen-bond acceptors (Lipinski definition) is 7. The summed E-state index contributed by atoms with van der Waals surface area (Å²) in [6, 6.07) is 13.2. The number of rotatable bonds is 6. The number of ether oxygens (including phenoxy) is 2. The maximum Gasteiger partial charge on any atom is 0.263 e. The van der Waals surface area contributed by atoms with E-state index in [1.807, 2.05) is 30.3 Å². The number of nitrogen functional groups attached to an aromatic ring is 1. The first-order valence-electron chi connectivity index (χ1n) is 7.30. The lowest BCUT2D eigenvalue weighted by Crippen LogP contribution is -2.01. The van der Waals surface area contributed by atoms with Crippen LogP contribution in [0.4, 0.5) is 5.95 Å². The minimum Gasteiger partial charge on any atom is -0.493 e. The largest absolute Gasteiger partial charge is 0.493 e. The molecule has 0 aliphatic heterocycles. The molecule has 25 heavy (non-hydrogen) atoms. The smallest absolute Gasteiger partial charge is 0.263 e. The molecule has 0 unspecified atom stereocenters. The van der Waals surface area contributed by atoms with Crippen LogP contribution in [0.3, 0.4) is 0 Å². The Morgan fingerprint density at radius 1 is 1.28 bits per heavy atom. The van der Waals surface area contributed by atoms with Crippen molar-refractivity contribution < 1.29 is 9.47 Å². The molecule has 0 fully saturated rings. The first-order chi connectivity index (χ1) is 12.2. The minimum absolute atomic E-state index is 0.0807. The van der Waals surface area contributed by atoms with E-state index in [9.17, 15) is 0 Å². The molecule has 0 saturated heterocycles. The van der Waals surface area contributed by atoms with E-state index < -0.39 is 0 Å². The summed E-state index contributed by atoms with van der Waals surface area (Å²) in [4.78, 5) is 1.10. The van der Waals surface area contributed by atoms with E-state index in [1.54, 1.807) is 19.2 Å². The third-order valence-electron chi connectivity index (χ3n) is 3.27. The number of aromatic nitrogens is 4. The Hall–Kier alpha value is -3.13. The van der Waals surface area contributed by atoms with Crippen LogP contribution in [0.1, 0.15) is 11.1 Å². The van der Waals surface area contributed by atoms with Crippen molar-refractivity contribution in [1.29, 1.82) is 0 Å². The van der Waals surface area contributed by atoms with Crippen molar-refractivity contribution in [1.82, 2.24) is 20.3 Å². The molecular weight excluding hydrogens is 344 g/mol. The Morgan fingerprint density at radius 3 is 2.76 bits per heavy atom. The molecule has 0 atom stereocenters. The number of halogens is 1. The molecular formula is C16H15ClN6O2. The summed E-state index contributed by atoms with van der Waals surface area (Å²) in [5.74, 6) is 1.04.